The number of aliphatic hydroxyl groups is 2. The molecule has 3 aliphatic heterocycles. The highest BCUT2D eigenvalue weighted by molar-refractivity contribution is 5.86. The molecule has 0 bridgehead atoms. The number of hydrogen-bond acceptors (Lipinski definition) is 10. The molecule has 39 heavy (non-hydrogen) atoms. The second-order valence-corrected chi connectivity index (χ2v) is 11.7. The Hall–Kier alpha value is -2.82. The molecule has 10 heteroatoms. The standard InChI is InChI=1S/C29H39NO9/c1-27(2,33)8-5-10-29(34,16-23(31)36-4)26(32)39-25-22(35-3)15-28-9-6-11-30(28)12-7-18-13-20-21(38-17-37-20)14-19(18)24(25)28/h13-15,24-25,33-34H,5-12,16-17H2,1-4H3/t24-,25?,28+,29-/m1/s1. The highest BCUT2D eigenvalue weighted by Crippen LogP contribution is 2.55. The molecular formula is C29H39NO9. The summed E-state index contributed by atoms with van der Waals surface area (Å²) in [5, 5.41) is 21.6. The van der Waals surface area contributed by atoms with Crippen molar-refractivity contribution in [1.29, 1.82) is 0 Å². The van der Waals surface area contributed by atoms with Crippen molar-refractivity contribution < 1.29 is 43.5 Å². The van der Waals surface area contributed by atoms with Gasteiger partial charge < -0.3 is 33.9 Å². The second kappa shape index (κ2) is 10.3. The van der Waals surface area contributed by atoms with Gasteiger partial charge in [0.1, 0.15) is 5.76 Å². The van der Waals surface area contributed by atoms with Crippen LogP contribution in [-0.2, 0) is 30.2 Å². The topological polar surface area (TPSA) is 124 Å². The summed E-state index contributed by atoms with van der Waals surface area (Å²) in [5.41, 5.74) is -1.42. The van der Waals surface area contributed by atoms with Crippen LogP contribution in [-0.4, -0.2) is 84.0 Å². The summed E-state index contributed by atoms with van der Waals surface area (Å²) in [5.74, 6) is -0.0645. The van der Waals surface area contributed by atoms with E-state index in [9.17, 15) is 19.8 Å². The number of ether oxygens (including phenoxy) is 5. The predicted molar refractivity (Wildman–Crippen MR) is 139 cm³/mol. The van der Waals surface area contributed by atoms with Gasteiger partial charge in [-0.3, -0.25) is 9.69 Å². The Bertz CT molecular complexity index is 1160. The van der Waals surface area contributed by atoms with Gasteiger partial charge in [-0.05, 0) is 88.3 Å². The third-order valence-corrected chi connectivity index (χ3v) is 8.62. The molecule has 1 aliphatic carbocycles. The molecule has 1 fully saturated rings. The Morgan fingerprint density at radius 1 is 1.13 bits per heavy atom. The third kappa shape index (κ3) is 5.10. The Morgan fingerprint density at radius 3 is 2.56 bits per heavy atom. The van der Waals surface area contributed by atoms with E-state index >= 15 is 0 Å². The number of hydrogen-bond donors (Lipinski definition) is 2. The molecule has 214 valence electrons. The molecule has 1 aromatic carbocycles. The molecule has 1 unspecified atom stereocenters. The van der Waals surface area contributed by atoms with Crippen molar-refractivity contribution in [1.82, 2.24) is 4.90 Å². The smallest absolute Gasteiger partial charge is 0.339 e. The Labute approximate surface area is 228 Å². The highest BCUT2D eigenvalue weighted by atomic mass is 16.7. The maximum atomic E-state index is 13.8. The molecule has 0 radical (unpaired) electrons. The van der Waals surface area contributed by atoms with E-state index in [0.717, 1.165) is 43.5 Å². The van der Waals surface area contributed by atoms with E-state index in [4.69, 9.17) is 23.7 Å². The van der Waals surface area contributed by atoms with Gasteiger partial charge >= 0.3 is 11.9 Å². The minimum absolute atomic E-state index is 0.0686. The Balaban J connectivity index is 1.50. The molecule has 1 saturated heterocycles. The van der Waals surface area contributed by atoms with Crippen LogP contribution >= 0.6 is 0 Å². The van der Waals surface area contributed by atoms with Crippen LogP contribution in [0.3, 0.4) is 0 Å². The van der Waals surface area contributed by atoms with Crippen molar-refractivity contribution >= 4 is 11.9 Å². The van der Waals surface area contributed by atoms with Gasteiger partial charge in [0.05, 0.1) is 37.7 Å². The normalized spacial score (nSPS) is 27.0. The molecular weight excluding hydrogens is 506 g/mol. The quantitative estimate of drug-likeness (QED) is 0.448. The molecule has 1 aromatic rings. The van der Waals surface area contributed by atoms with Crippen LogP contribution in [0.15, 0.2) is 24.0 Å². The van der Waals surface area contributed by atoms with Crippen molar-refractivity contribution in [2.24, 2.45) is 0 Å². The lowest BCUT2D eigenvalue weighted by molar-refractivity contribution is -0.178. The monoisotopic (exact) mass is 545 g/mol. The number of rotatable bonds is 9. The van der Waals surface area contributed by atoms with E-state index < -0.39 is 41.2 Å². The molecule has 0 aromatic heterocycles. The van der Waals surface area contributed by atoms with Crippen LogP contribution in [0.1, 0.15) is 69.4 Å². The summed E-state index contributed by atoms with van der Waals surface area (Å²) in [6.45, 7) is 5.21. The molecule has 0 amide bonds. The summed E-state index contributed by atoms with van der Waals surface area (Å²) in [7, 11) is 2.76. The average Bonchev–Trinajstić information content (AvgIpc) is 3.56. The molecule has 2 N–H and O–H groups in total. The van der Waals surface area contributed by atoms with E-state index in [1.165, 1.54) is 7.11 Å². The maximum absolute atomic E-state index is 13.8. The first kappa shape index (κ1) is 27.7. The largest absolute Gasteiger partial charge is 0.497 e. The molecule has 5 rings (SSSR count). The SMILES string of the molecule is COC(=O)C[C@](O)(CCCC(C)(C)O)C(=O)OC1C(OC)=C[C@]23CCCN2CCc2cc4c(cc2[C@H]13)OCO4. The Kier molecular flexibility index (Phi) is 7.32. The van der Waals surface area contributed by atoms with Crippen molar-refractivity contribution in [2.45, 2.75) is 87.6 Å². The number of nitrogens with zero attached hydrogens (tertiary/aromatic N) is 1. The van der Waals surface area contributed by atoms with Gasteiger partial charge in [0.15, 0.2) is 23.2 Å². The zero-order chi connectivity index (χ0) is 28.0. The minimum Gasteiger partial charge on any atom is -0.497 e. The summed E-state index contributed by atoms with van der Waals surface area (Å²) in [6.07, 6.45) is 3.94. The highest BCUT2D eigenvalue weighted by Gasteiger charge is 2.59. The second-order valence-electron chi connectivity index (χ2n) is 11.7. The van der Waals surface area contributed by atoms with E-state index in [1.54, 1.807) is 21.0 Å². The van der Waals surface area contributed by atoms with E-state index in [-0.39, 0.29) is 19.1 Å². The number of benzene rings is 1. The summed E-state index contributed by atoms with van der Waals surface area (Å²) >= 11 is 0. The van der Waals surface area contributed by atoms with Gasteiger partial charge in [0.2, 0.25) is 6.79 Å². The lowest BCUT2D eigenvalue weighted by Crippen LogP contribution is -2.49. The average molecular weight is 546 g/mol. The van der Waals surface area contributed by atoms with Crippen molar-refractivity contribution in [3.8, 4) is 11.5 Å². The Morgan fingerprint density at radius 2 is 1.87 bits per heavy atom. The van der Waals surface area contributed by atoms with Crippen LogP contribution in [0.2, 0.25) is 0 Å². The first-order chi connectivity index (χ1) is 18.5. The summed E-state index contributed by atoms with van der Waals surface area (Å²) in [6, 6.07) is 4.00. The van der Waals surface area contributed by atoms with Gasteiger partial charge in [0.25, 0.3) is 0 Å². The number of carbonyl (C=O) groups excluding carboxylic acids is 2. The first-order valence-corrected chi connectivity index (χ1v) is 13.7. The summed E-state index contributed by atoms with van der Waals surface area (Å²) in [4.78, 5) is 28.4. The fourth-order valence-corrected chi connectivity index (χ4v) is 6.71. The minimum atomic E-state index is -2.12. The zero-order valence-corrected chi connectivity index (χ0v) is 23.2. The van der Waals surface area contributed by atoms with E-state index in [0.29, 0.717) is 30.1 Å². The van der Waals surface area contributed by atoms with Crippen molar-refractivity contribution in [2.75, 3.05) is 34.1 Å². The van der Waals surface area contributed by atoms with Crippen molar-refractivity contribution in [3.63, 3.8) is 0 Å². The van der Waals surface area contributed by atoms with E-state index in [1.807, 2.05) is 12.1 Å². The summed E-state index contributed by atoms with van der Waals surface area (Å²) < 4.78 is 28.1. The third-order valence-electron chi connectivity index (χ3n) is 8.62. The first-order valence-electron chi connectivity index (χ1n) is 13.7. The number of esters is 2. The number of carbonyl (C=O) groups is 2. The molecule has 4 aliphatic rings. The molecule has 1 spiro atoms. The van der Waals surface area contributed by atoms with Gasteiger partial charge in [-0.2, -0.15) is 0 Å². The van der Waals surface area contributed by atoms with Crippen LogP contribution in [0.25, 0.3) is 0 Å². The van der Waals surface area contributed by atoms with Crippen molar-refractivity contribution in [3.05, 3.63) is 35.1 Å². The van der Waals surface area contributed by atoms with Crippen LogP contribution in [0.4, 0.5) is 0 Å². The van der Waals surface area contributed by atoms with Gasteiger partial charge in [0, 0.05) is 6.54 Å². The fourth-order valence-electron chi connectivity index (χ4n) is 6.71. The van der Waals surface area contributed by atoms with Crippen LogP contribution in [0.5, 0.6) is 11.5 Å². The molecule has 10 nitrogen and oxygen atoms in total. The lowest BCUT2D eigenvalue weighted by atomic mass is 9.77. The predicted octanol–water partition coefficient (Wildman–Crippen LogP) is 2.58. The molecule has 0 saturated carbocycles. The van der Waals surface area contributed by atoms with Gasteiger partial charge in [-0.1, -0.05) is 0 Å². The van der Waals surface area contributed by atoms with Gasteiger partial charge in [-0.25, -0.2) is 4.79 Å². The van der Waals surface area contributed by atoms with E-state index in [2.05, 4.69) is 11.0 Å². The van der Waals surface area contributed by atoms with Crippen LogP contribution in [0, 0.1) is 0 Å². The number of fused-ring (bicyclic) bond motifs is 3. The maximum Gasteiger partial charge on any atom is 0.339 e. The molecule has 3 heterocycles. The lowest BCUT2D eigenvalue weighted by Gasteiger charge is -2.39. The van der Waals surface area contributed by atoms with Gasteiger partial charge in [-0.15, -0.1) is 0 Å². The number of methoxy groups -OCH3 is 2. The fraction of sp³-hybridized carbons (Fsp3) is 0.655. The zero-order valence-electron chi connectivity index (χ0n) is 23.2. The van der Waals surface area contributed by atoms with Crippen LogP contribution < -0.4 is 9.47 Å². The molecule has 4 atom stereocenters.